The molecule has 0 aliphatic carbocycles. The molecule has 1 N–H and O–H groups in total. The lowest BCUT2D eigenvalue weighted by molar-refractivity contribution is 0.102. The lowest BCUT2D eigenvalue weighted by Gasteiger charge is -2.22. The first kappa shape index (κ1) is 21.1. The number of aryl methyl sites for hydroxylation is 2. The van der Waals surface area contributed by atoms with Crippen LogP contribution in [-0.2, 0) is 17.1 Å². The number of carbonyl (C=O) groups excluding carboxylic acids is 1. The van der Waals surface area contributed by atoms with E-state index >= 15 is 0 Å². The van der Waals surface area contributed by atoms with Crippen molar-refractivity contribution in [3.8, 4) is 0 Å². The Balaban J connectivity index is 1.57. The average molecular weight is 444 g/mol. The molecule has 1 saturated heterocycles. The zero-order chi connectivity index (χ0) is 22.2. The zero-order valence-electron chi connectivity index (χ0n) is 17.0. The third-order valence-electron chi connectivity index (χ3n) is 5.10. The Morgan fingerprint density at radius 1 is 1.23 bits per heavy atom. The average Bonchev–Trinajstić information content (AvgIpc) is 3.39. The lowest BCUT2D eigenvalue weighted by atomic mass is 10.2. The van der Waals surface area contributed by atoms with E-state index < -0.39 is 27.8 Å². The second-order valence-corrected chi connectivity index (χ2v) is 9.18. The van der Waals surface area contributed by atoms with E-state index in [4.69, 9.17) is 0 Å². The molecule has 162 valence electrons. The van der Waals surface area contributed by atoms with Crippen molar-refractivity contribution in [2.24, 2.45) is 7.05 Å². The van der Waals surface area contributed by atoms with Crippen LogP contribution in [0.4, 0.5) is 10.1 Å². The number of nitrogens with zero attached hydrogens (tertiary/aromatic N) is 5. The molecule has 31 heavy (non-hydrogen) atoms. The normalized spacial score (nSPS) is 17.1. The first-order valence-electron chi connectivity index (χ1n) is 9.66. The monoisotopic (exact) mass is 444 g/mol. The Kier molecular flexibility index (Phi) is 5.54. The Labute approximate surface area is 179 Å². The van der Waals surface area contributed by atoms with Crippen LogP contribution in [0.5, 0.6) is 0 Å². The fourth-order valence-electron chi connectivity index (χ4n) is 3.53. The Morgan fingerprint density at radius 3 is 2.61 bits per heavy atom. The highest BCUT2D eigenvalue weighted by atomic mass is 32.2. The van der Waals surface area contributed by atoms with E-state index in [-0.39, 0.29) is 10.6 Å². The molecule has 0 bridgehead atoms. The van der Waals surface area contributed by atoms with Crippen molar-refractivity contribution >= 4 is 21.6 Å². The van der Waals surface area contributed by atoms with Crippen LogP contribution in [0.2, 0.25) is 0 Å². The molecule has 1 aliphatic rings. The molecule has 1 aromatic carbocycles. The largest absolute Gasteiger partial charge is 0.339 e. The van der Waals surface area contributed by atoms with Crippen molar-refractivity contribution in [1.82, 2.24) is 23.8 Å². The second kappa shape index (κ2) is 8.16. The molecular weight excluding hydrogens is 423 g/mol. The van der Waals surface area contributed by atoms with E-state index in [1.165, 1.54) is 47.3 Å². The van der Waals surface area contributed by atoms with E-state index in [1.807, 2.05) is 0 Å². The number of nitrogens with one attached hydrogen (secondary N) is 1. The van der Waals surface area contributed by atoms with Crippen LogP contribution >= 0.6 is 0 Å². The molecule has 2 aromatic heterocycles. The minimum absolute atomic E-state index is 0.0195. The summed E-state index contributed by atoms with van der Waals surface area (Å²) in [5.41, 5.74) is 1.12. The highest BCUT2D eigenvalue weighted by Crippen LogP contribution is 2.34. The topological polar surface area (TPSA) is 110 Å². The maximum atomic E-state index is 13.0. The van der Waals surface area contributed by atoms with Gasteiger partial charge in [0.05, 0.1) is 23.6 Å². The van der Waals surface area contributed by atoms with E-state index in [2.05, 4.69) is 20.3 Å². The van der Waals surface area contributed by atoms with Gasteiger partial charge in [-0.05, 0) is 44.0 Å². The second-order valence-electron chi connectivity index (χ2n) is 7.34. The van der Waals surface area contributed by atoms with Crippen molar-refractivity contribution in [3.63, 3.8) is 0 Å². The van der Waals surface area contributed by atoms with Crippen molar-refractivity contribution in [1.29, 1.82) is 0 Å². The number of sulfonamides is 1. The molecule has 11 heteroatoms. The molecule has 1 fully saturated rings. The summed E-state index contributed by atoms with van der Waals surface area (Å²) in [6, 6.07) is 4.88. The van der Waals surface area contributed by atoms with Gasteiger partial charge in [0.15, 0.2) is 5.03 Å². The molecule has 3 aromatic rings. The minimum Gasteiger partial charge on any atom is -0.339 e. The van der Waals surface area contributed by atoms with Gasteiger partial charge >= 0.3 is 0 Å². The molecule has 0 radical (unpaired) electrons. The standard InChI is InChI=1S/C20H21FN6O3S/c1-13-16(20(28)25-15-7-5-14(21)6-8-15)10-22-19(24-13)17-4-3-9-27(17)31(29,30)18-11-26(2)12-23-18/h5-8,10-12,17H,3-4,9H2,1-2H3,(H,25,28)/t17-/m0/s1. The van der Waals surface area contributed by atoms with E-state index in [0.717, 1.165) is 0 Å². The van der Waals surface area contributed by atoms with E-state index in [1.54, 1.807) is 18.5 Å². The summed E-state index contributed by atoms with van der Waals surface area (Å²) < 4.78 is 42.0. The molecule has 1 atom stereocenters. The van der Waals surface area contributed by atoms with Gasteiger partial charge in [0, 0.05) is 31.7 Å². The van der Waals surface area contributed by atoms with Crippen molar-refractivity contribution in [3.05, 3.63) is 65.9 Å². The minimum atomic E-state index is -3.79. The number of halogens is 1. The predicted octanol–water partition coefficient (Wildman–Crippen LogP) is 2.44. The number of benzene rings is 1. The maximum Gasteiger partial charge on any atom is 0.262 e. The van der Waals surface area contributed by atoms with Crippen LogP contribution in [-0.4, -0.2) is 44.7 Å². The van der Waals surface area contributed by atoms with Crippen molar-refractivity contribution in [2.45, 2.75) is 30.8 Å². The summed E-state index contributed by atoms with van der Waals surface area (Å²) in [5.74, 6) is -0.489. The number of hydrogen-bond donors (Lipinski definition) is 1. The van der Waals surface area contributed by atoms with Gasteiger partial charge in [-0.15, -0.1) is 0 Å². The van der Waals surface area contributed by atoms with Gasteiger partial charge in [0.25, 0.3) is 15.9 Å². The summed E-state index contributed by atoms with van der Waals surface area (Å²) in [4.78, 5) is 25.3. The molecule has 1 aliphatic heterocycles. The van der Waals surface area contributed by atoms with E-state index in [0.29, 0.717) is 36.6 Å². The Morgan fingerprint density at radius 2 is 1.97 bits per heavy atom. The molecule has 3 heterocycles. The van der Waals surface area contributed by atoms with Gasteiger partial charge in [-0.3, -0.25) is 4.79 Å². The number of imidazole rings is 1. The van der Waals surface area contributed by atoms with Gasteiger partial charge in [-0.2, -0.15) is 4.31 Å². The summed E-state index contributed by atoms with van der Waals surface area (Å²) in [6.45, 7) is 2.01. The predicted molar refractivity (Wildman–Crippen MR) is 110 cm³/mol. The fraction of sp³-hybridized carbons (Fsp3) is 0.300. The van der Waals surface area contributed by atoms with Gasteiger partial charge in [-0.25, -0.2) is 27.8 Å². The van der Waals surface area contributed by atoms with Crippen molar-refractivity contribution < 1.29 is 17.6 Å². The molecular formula is C20H21FN6O3S. The first-order chi connectivity index (χ1) is 14.8. The fourth-order valence-corrected chi connectivity index (χ4v) is 5.15. The molecule has 1 amide bonds. The lowest BCUT2D eigenvalue weighted by Crippen LogP contribution is -2.32. The number of rotatable bonds is 5. The van der Waals surface area contributed by atoms with Crippen LogP contribution in [0.1, 0.15) is 40.8 Å². The number of hydrogen-bond acceptors (Lipinski definition) is 6. The summed E-state index contributed by atoms with van der Waals surface area (Å²) in [6.07, 6.45) is 5.53. The summed E-state index contributed by atoms with van der Waals surface area (Å²) in [5, 5.41) is 2.65. The van der Waals surface area contributed by atoms with Crippen LogP contribution in [0.25, 0.3) is 0 Å². The maximum absolute atomic E-state index is 13.0. The molecule has 0 saturated carbocycles. The third kappa shape index (κ3) is 4.19. The third-order valence-corrected chi connectivity index (χ3v) is 6.89. The SMILES string of the molecule is Cc1nc([C@@H]2CCCN2S(=O)(=O)c2cn(C)cn2)ncc1C(=O)Nc1ccc(F)cc1. The molecule has 9 nitrogen and oxygen atoms in total. The number of anilines is 1. The number of amides is 1. The summed E-state index contributed by atoms with van der Waals surface area (Å²) >= 11 is 0. The van der Waals surface area contributed by atoms with Gasteiger partial charge in [0.2, 0.25) is 0 Å². The van der Waals surface area contributed by atoms with Gasteiger partial charge < -0.3 is 9.88 Å². The van der Waals surface area contributed by atoms with Crippen molar-refractivity contribution in [2.75, 3.05) is 11.9 Å². The number of aromatic nitrogens is 4. The van der Waals surface area contributed by atoms with Crippen LogP contribution < -0.4 is 5.32 Å². The molecule has 4 rings (SSSR count). The molecule has 0 spiro atoms. The Hall–Kier alpha value is -3.18. The zero-order valence-corrected chi connectivity index (χ0v) is 17.8. The summed E-state index contributed by atoms with van der Waals surface area (Å²) in [7, 11) is -2.08. The van der Waals surface area contributed by atoms with Gasteiger partial charge in [-0.1, -0.05) is 0 Å². The highest BCUT2D eigenvalue weighted by Gasteiger charge is 2.39. The number of carbonyl (C=O) groups is 1. The quantitative estimate of drug-likeness (QED) is 0.647. The highest BCUT2D eigenvalue weighted by molar-refractivity contribution is 7.89. The molecule has 0 unspecified atom stereocenters. The van der Waals surface area contributed by atoms with Gasteiger partial charge in [0.1, 0.15) is 11.6 Å². The first-order valence-corrected chi connectivity index (χ1v) is 11.1. The van der Waals surface area contributed by atoms with E-state index in [9.17, 15) is 17.6 Å². The van der Waals surface area contributed by atoms with Crippen LogP contribution in [0.15, 0.2) is 48.0 Å². The van der Waals surface area contributed by atoms with Crippen LogP contribution in [0, 0.1) is 12.7 Å². The smallest absolute Gasteiger partial charge is 0.262 e. The Bertz CT molecular complexity index is 1230. The van der Waals surface area contributed by atoms with Crippen LogP contribution in [0.3, 0.4) is 0 Å².